The van der Waals surface area contributed by atoms with E-state index < -0.39 is 7.26 Å². The highest BCUT2D eigenvalue weighted by molar-refractivity contribution is 7.98. The Hall–Kier alpha value is -3.22. The molecule has 0 aliphatic carbocycles. The van der Waals surface area contributed by atoms with E-state index in [2.05, 4.69) is 36.4 Å². The van der Waals surface area contributed by atoms with Crippen molar-refractivity contribution in [2.24, 2.45) is 0 Å². The van der Waals surface area contributed by atoms with Crippen LogP contribution in [0.3, 0.4) is 0 Å². The van der Waals surface area contributed by atoms with Crippen LogP contribution >= 0.6 is 7.26 Å². The first kappa shape index (κ1) is 20.1. The van der Waals surface area contributed by atoms with Crippen molar-refractivity contribution in [2.75, 3.05) is 11.9 Å². The summed E-state index contributed by atoms with van der Waals surface area (Å²) in [6.07, 6.45) is 0. The van der Waals surface area contributed by atoms with E-state index >= 15 is 4.39 Å². The smallest absolute Gasteiger partial charge is 0.230 e. The first-order chi connectivity index (χ1) is 14.7. The van der Waals surface area contributed by atoms with Crippen molar-refractivity contribution in [3.05, 3.63) is 133 Å². The molecular weight excluding hydrogens is 388 g/mol. The topological polar surface area (TPSA) is 3.24 Å². The van der Waals surface area contributed by atoms with Crippen LogP contribution in [0.2, 0.25) is 0 Å². The van der Waals surface area contributed by atoms with E-state index in [9.17, 15) is 0 Å². The molecule has 0 fully saturated rings. The molecule has 4 aromatic rings. The van der Waals surface area contributed by atoms with Gasteiger partial charge in [0.15, 0.2) is 0 Å². The molecule has 0 spiro atoms. The Bertz CT molecular complexity index is 1000. The Labute approximate surface area is 178 Å². The summed E-state index contributed by atoms with van der Waals surface area (Å²) in [4.78, 5) is 1.61. The molecule has 0 amide bonds. The number of benzene rings is 4. The summed E-state index contributed by atoms with van der Waals surface area (Å²) in [5.41, 5.74) is 0.818. The molecule has 1 nitrogen and oxygen atoms in total. The Balaban J connectivity index is 1.98. The molecule has 0 aromatic heterocycles. The SMILES string of the molecule is CN(/C(F)=C/[P+](c1ccccc1)(c1ccccc1)c1ccccc1)c1ccccc1. The summed E-state index contributed by atoms with van der Waals surface area (Å²) >= 11 is 0. The van der Waals surface area contributed by atoms with Crippen LogP contribution in [0.1, 0.15) is 0 Å². The zero-order valence-corrected chi connectivity index (χ0v) is 17.8. The summed E-state index contributed by atoms with van der Waals surface area (Å²) < 4.78 is 15.8. The summed E-state index contributed by atoms with van der Waals surface area (Å²) in [5, 5.41) is 3.37. The van der Waals surface area contributed by atoms with E-state index in [0.717, 1.165) is 21.6 Å². The summed E-state index contributed by atoms with van der Waals surface area (Å²) in [6.45, 7) is 0. The Morgan fingerprint density at radius 2 is 0.933 bits per heavy atom. The number of anilines is 1. The quantitative estimate of drug-likeness (QED) is 0.282. The molecule has 4 aromatic carbocycles. The van der Waals surface area contributed by atoms with Gasteiger partial charge in [0.05, 0.1) is 0 Å². The third kappa shape index (κ3) is 3.92. The van der Waals surface area contributed by atoms with E-state index in [4.69, 9.17) is 0 Å². The molecule has 0 N–H and O–H groups in total. The molecule has 0 aliphatic rings. The average molecular weight is 412 g/mol. The third-order valence-corrected chi connectivity index (χ3v) is 9.19. The van der Waals surface area contributed by atoms with Crippen molar-refractivity contribution in [2.45, 2.75) is 0 Å². The van der Waals surface area contributed by atoms with Crippen LogP contribution in [0.4, 0.5) is 10.1 Å². The van der Waals surface area contributed by atoms with Gasteiger partial charge in [-0.25, -0.2) is 0 Å². The minimum absolute atomic E-state index is 0.258. The number of hydrogen-bond acceptors (Lipinski definition) is 1. The minimum Gasteiger partial charge on any atom is -0.319 e. The van der Waals surface area contributed by atoms with Gasteiger partial charge in [0.25, 0.3) is 0 Å². The number of halogens is 1. The Kier molecular flexibility index (Phi) is 6.07. The normalized spacial score (nSPS) is 11.9. The highest BCUT2D eigenvalue weighted by Gasteiger charge is 2.45. The summed E-state index contributed by atoms with van der Waals surface area (Å²) in [6, 6.07) is 40.5. The molecule has 3 heteroatoms. The predicted molar refractivity (Wildman–Crippen MR) is 129 cm³/mol. The van der Waals surface area contributed by atoms with Crippen molar-refractivity contribution in [1.82, 2.24) is 0 Å². The maximum atomic E-state index is 15.8. The van der Waals surface area contributed by atoms with E-state index in [1.165, 1.54) is 0 Å². The Morgan fingerprint density at radius 1 is 0.600 bits per heavy atom. The molecule has 30 heavy (non-hydrogen) atoms. The van der Waals surface area contributed by atoms with Gasteiger partial charge < -0.3 is 4.90 Å². The summed E-state index contributed by atoms with van der Waals surface area (Å²) in [7, 11) is -0.588. The van der Waals surface area contributed by atoms with E-state index in [0.29, 0.717) is 0 Å². The molecule has 0 heterocycles. The van der Waals surface area contributed by atoms with Crippen LogP contribution in [0.15, 0.2) is 133 Å². The second-order valence-corrected chi connectivity index (χ2v) is 10.3. The van der Waals surface area contributed by atoms with Crippen LogP contribution in [-0.4, -0.2) is 7.05 Å². The highest BCUT2D eigenvalue weighted by Crippen LogP contribution is 2.57. The lowest BCUT2D eigenvalue weighted by molar-refractivity contribution is 0.610. The first-order valence-corrected chi connectivity index (χ1v) is 11.8. The van der Waals surface area contributed by atoms with E-state index in [-0.39, 0.29) is 5.95 Å². The third-order valence-electron chi connectivity index (χ3n) is 5.25. The highest BCUT2D eigenvalue weighted by atomic mass is 31.2. The fraction of sp³-hybridized carbons (Fsp3) is 0.0370. The van der Waals surface area contributed by atoms with Crippen LogP contribution < -0.4 is 20.8 Å². The second-order valence-electron chi connectivity index (χ2n) is 7.08. The van der Waals surface area contributed by atoms with E-state index in [1.807, 2.05) is 90.7 Å². The van der Waals surface area contributed by atoms with Gasteiger partial charge in [-0.15, -0.1) is 0 Å². The van der Waals surface area contributed by atoms with Gasteiger partial charge in [0.1, 0.15) is 29.0 Å². The van der Waals surface area contributed by atoms with E-state index in [1.54, 1.807) is 11.9 Å². The van der Waals surface area contributed by atoms with Gasteiger partial charge >= 0.3 is 0 Å². The van der Waals surface area contributed by atoms with Gasteiger partial charge in [-0.2, -0.15) is 4.39 Å². The number of nitrogens with zero attached hydrogens (tertiary/aromatic N) is 1. The van der Waals surface area contributed by atoms with Crippen LogP contribution in [0.25, 0.3) is 0 Å². The second kappa shape index (κ2) is 9.07. The number of para-hydroxylation sites is 1. The van der Waals surface area contributed by atoms with Crippen LogP contribution in [0, 0.1) is 0 Å². The lowest BCUT2D eigenvalue weighted by Crippen LogP contribution is -2.30. The monoisotopic (exact) mass is 412 g/mol. The molecule has 148 valence electrons. The lowest BCUT2D eigenvalue weighted by atomic mass is 10.3. The molecular formula is C27H24FNP+. The molecule has 0 unspecified atom stereocenters. The van der Waals surface area contributed by atoms with Crippen LogP contribution in [0.5, 0.6) is 0 Å². The van der Waals surface area contributed by atoms with Crippen molar-refractivity contribution >= 4 is 28.9 Å². The average Bonchev–Trinajstić information content (AvgIpc) is 2.84. The lowest BCUT2D eigenvalue weighted by Gasteiger charge is -2.26. The van der Waals surface area contributed by atoms with Crippen molar-refractivity contribution < 1.29 is 4.39 Å². The maximum absolute atomic E-state index is 15.8. The summed E-state index contributed by atoms with van der Waals surface area (Å²) in [5.74, 6) is 1.59. The molecule has 0 saturated heterocycles. The van der Waals surface area contributed by atoms with Gasteiger partial charge in [0, 0.05) is 12.7 Å². The van der Waals surface area contributed by atoms with Crippen molar-refractivity contribution in [1.29, 1.82) is 0 Å². The molecule has 0 saturated carbocycles. The van der Waals surface area contributed by atoms with Gasteiger partial charge in [-0.1, -0.05) is 72.8 Å². The predicted octanol–water partition coefficient (Wildman–Crippen LogP) is 5.89. The standard InChI is InChI=1S/C27H24FNP/c1-29(23-14-6-2-7-15-23)27(28)22-30(24-16-8-3-9-17-24,25-18-10-4-11-19-25)26-20-12-5-13-21-26/h2-22H,1H3/q+1/b27-22+. The van der Waals surface area contributed by atoms with Crippen molar-refractivity contribution in [3.8, 4) is 0 Å². The largest absolute Gasteiger partial charge is 0.319 e. The van der Waals surface area contributed by atoms with Gasteiger partial charge in [0.2, 0.25) is 5.95 Å². The maximum Gasteiger partial charge on any atom is 0.230 e. The minimum atomic E-state index is -2.36. The van der Waals surface area contributed by atoms with Crippen LogP contribution in [-0.2, 0) is 0 Å². The molecule has 0 aliphatic heterocycles. The fourth-order valence-corrected chi connectivity index (χ4v) is 7.44. The zero-order chi connectivity index (χ0) is 20.8. The molecule has 0 radical (unpaired) electrons. The fourth-order valence-electron chi connectivity index (χ4n) is 3.68. The first-order valence-electron chi connectivity index (χ1n) is 9.94. The number of rotatable bonds is 6. The number of hydrogen-bond donors (Lipinski definition) is 0. The van der Waals surface area contributed by atoms with Gasteiger partial charge in [-0.3, -0.25) is 0 Å². The zero-order valence-electron chi connectivity index (χ0n) is 16.9. The molecule has 0 atom stereocenters. The molecule has 4 rings (SSSR count). The van der Waals surface area contributed by atoms with Gasteiger partial charge in [-0.05, 0) is 48.5 Å². The Morgan fingerprint density at radius 3 is 1.30 bits per heavy atom. The van der Waals surface area contributed by atoms with Crippen molar-refractivity contribution in [3.63, 3.8) is 0 Å². The molecule has 0 bridgehead atoms.